The third kappa shape index (κ3) is 5.64. The highest BCUT2D eigenvalue weighted by molar-refractivity contribution is 6.30. The molecule has 2 heterocycles. The Balaban J connectivity index is 1.31. The number of aliphatic hydroxyl groups excluding tert-OH is 1. The molecule has 0 unspecified atom stereocenters. The van der Waals surface area contributed by atoms with Crippen molar-refractivity contribution in [2.24, 2.45) is 0 Å². The van der Waals surface area contributed by atoms with Crippen LogP contribution in [0.1, 0.15) is 24.0 Å². The van der Waals surface area contributed by atoms with E-state index < -0.39 is 0 Å². The summed E-state index contributed by atoms with van der Waals surface area (Å²) >= 11 is 6.14. The molecule has 2 aromatic rings. The van der Waals surface area contributed by atoms with Crippen LogP contribution in [0.25, 0.3) is 6.08 Å². The van der Waals surface area contributed by atoms with Crippen molar-refractivity contribution in [1.82, 2.24) is 9.80 Å². The van der Waals surface area contributed by atoms with Gasteiger partial charge in [-0.1, -0.05) is 41.9 Å². The van der Waals surface area contributed by atoms with Crippen LogP contribution in [0.5, 0.6) is 5.75 Å². The van der Waals surface area contributed by atoms with Gasteiger partial charge in [0.2, 0.25) is 0 Å². The third-order valence-corrected chi connectivity index (χ3v) is 6.31. The number of aliphatic hydroxyl groups is 1. The van der Waals surface area contributed by atoms with E-state index >= 15 is 0 Å². The van der Waals surface area contributed by atoms with Crippen LogP contribution in [0.15, 0.2) is 54.1 Å². The fourth-order valence-corrected chi connectivity index (χ4v) is 4.70. The molecular formula is C25H31ClN2O2. The van der Waals surface area contributed by atoms with E-state index in [1.807, 2.05) is 18.2 Å². The molecule has 4 nitrogen and oxygen atoms in total. The van der Waals surface area contributed by atoms with Gasteiger partial charge in [0.05, 0.1) is 0 Å². The maximum atomic E-state index is 9.59. The summed E-state index contributed by atoms with van der Waals surface area (Å²) in [7, 11) is 0. The SMILES string of the molecule is OCC[C@@H]1CN(CC2=Cc3cc(Cl)ccc3OC2)CCN1CCCc1ccccc1. The van der Waals surface area contributed by atoms with Crippen molar-refractivity contribution in [3.63, 3.8) is 0 Å². The minimum absolute atomic E-state index is 0.241. The number of fused-ring (bicyclic) bond motifs is 1. The van der Waals surface area contributed by atoms with Crippen LogP contribution >= 0.6 is 11.6 Å². The summed E-state index contributed by atoms with van der Waals surface area (Å²) in [4.78, 5) is 5.06. The van der Waals surface area contributed by atoms with Crippen LogP contribution in [-0.2, 0) is 6.42 Å². The average Bonchev–Trinajstić information content (AvgIpc) is 2.76. The van der Waals surface area contributed by atoms with Gasteiger partial charge in [-0.2, -0.15) is 0 Å². The summed E-state index contributed by atoms with van der Waals surface area (Å²) in [6, 6.07) is 16.9. The van der Waals surface area contributed by atoms with E-state index in [1.54, 1.807) is 0 Å². The largest absolute Gasteiger partial charge is 0.489 e. The Morgan fingerprint density at radius 1 is 1.10 bits per heavy atom. The van der Waals surface area contributed by atoms with Crippen molar-refractivity contribution >= 4 is 17.7 Å². The molecule has 0 radical (unpaired) electrons. The number of nitrogens with zero attached hydrogens (tertiary/aromatic N) is 2. The molecule has 1 atom stereocenters. The van der Waals surface area contributed by atoms with Gasteiger partial charge >= 0.3 is 0 Å². The summed E-state index contributed by atoms with van der Waals surface area (Å²) in [5, 5.41) is 10.3. The molecule has 2 aliphatic rings. The van der Waals surface area contributed by atoms with E-state index in [9.17, 15) is 5.11 Å². The number of hydrogen-bond donors (Lipinski definition) is 1. The highest BCUT2D eigenvalue weighted by Crippen LogP contribution is 2.29. The van der Waals surface area contributed by atoms with Crippen molar-refractivity contribution < 1.29 is 9.84 Å². The molecule has 0 aliphatic carbocycles. The second kappa shape index (κ2) is 10.5. The first-order chi connectivity index (χ1) is 14.7. The Morgan fingerprint density at radius 2 is 1.97 bits per heavy atom. The van der Waals surface area contributed by atoms with Gasteiger partial charge in [0.15, 0.2) is 0 Å². The number of ether oxygens (including phenoxy) is 1. The van der Waals surface area contributed by atoms with Crippen LogP contribution in [0.4, 0.5) is 0 Å². The molecule has 0 amide bonds. The van der Waals surface area contributed by atoms with E-state index in [2.05, 4.69) is 46.2 Å². The van der Waals surface area contributed by atoms with Gasteiger partial charge in [-0.05, 0) is 61.2 Å². The minimum Gasteiger partial charge on any atom is -0.489 e. The second-order valence-corrected chi connectivity index (χ2v) is 8.74. The van der Waals surface area contributed by atoms with Crippen molar-refractivity contribution in [2.75, 3.05) is 45.9 Å². The van der Waals surface area contributed by atoms with Crippen molar-refractivity contribution in [3.05, 3.63) is 70.3 Å². The number of rotatable bonds is 8. The molecular weight excluding hydrogens is 396 g/mol. The lowest BCUT2D eigenvalue weighted by Gasteiger charge is -2.42. The van der Waals surface area contributed by atoms with Gasteiger partial charge in [-0.25, -0.2) is 0 Å². The van der Waals surface area contributed by atoms with Gasteiger partial charge in [0.1, 0.15) is 12.4 Å². The van der Waals surface area contributed by atoms with E-state index in [-0.39, 0.29) is 6.61 Å². The van der Waals surface area contributed by atoms with Gasteiger partial charge in [-0.3, -0.25) is 9.80 Å². The topological polar surface area (TPSA) is 35.9 Å². The van der Waals surface area contributed by atoms with E-state index in [0.29, 0.717) is 12.6 Å². The molecule has 1 N–H and O–H groups in total. The number of benzene rings is 2. The van der Waals surface area contributed by atoms with Gasteiger partial charge in [0, 0.05) is 49.4 Å². The molecule has 2 aliphatic heterocycles. The maximum absolute atomic E-state index is 9.59. The lowest BCUT2D eigenvalue weighted by atomic mass is 10.0. The van der Waals surface area contributed by atoms with Gasteiger partial charge in [0.25, 0.3) is 0 Å². The Morgan fingerprint density at radius 3 is 2.80 bits per heavy atom. The highest BCUT2D eigenvalue weighted by atomic mass is 35.5. The average molecular weight is 427 g/mol. The first kappa shape index (κ1) is 21.4. The number of hydrogen-bond acceptors (Lipinski definition) is 4. The molecule has 0 spiro atoms. The molecule has 5 heteroatoms. The molecule has 4 rings (SSSR count). The van der Waals surface area contributed by atoms with Gasteiger partial charge in [-0.15, -0.1) is 0 Å². The molecule has 0 aromatic heterocycles. The molecule has 0 saturated carbocycles. The second-order valence-electron chi connectivity index (χ2n) is 8.30. The maximum Gasteiger partial charge on any atom is 0.127 e. The first-order valence-electron chi connectivity index (χ1n) is 10.9. The molecule has 160 valence electrons. The Kier molecular flexibility index (Phi) is 7.45. The van der Waals surface area contributed by atoms with Crippen molar-refractivity contribution in [3.8, 4) is 5.75 Å². The van der Waals surface area contributed by atoms with Crippen LogP contribution in [0.2, 0.25) is 5.02 Å². The number of aryl methyl sites for hydroxylation is 1. The zero-order valence-corrected chi connectivity index (χ0v) is 18.2. The van der Waals surface area contributed by atoms with Crippen LogP contribution < -0.4 is 4.74 Å². The predicted octanol–water partition coefficient (Wildman–Crippen LogP) is 4.12. The van der Waals surface area contributed by atoms with Crippen LogP contribution in [0.3, 0.4) is 0 Å². The number of piperazine rings is 1. The minimum atomic E-state index is 0.241. The third-order valence-electron chi connectivity index (χ3n) is 6.08. The molecule has 2 aromatic carbocycles. The molecule has 1 fully saturated rings. The predicted molar refractivity (Wildman–Crippen MR) is 123 cm³/mol. The monoisotopic (exact) mass is 426 g/mol. The van der Waals surface area contributed by atoms with Crippen LogP contribution in [0, 0.1) is 0 Å². The fraction of sp³-hybridized carbons (Fsp3) is 0.440. The Bertz CT molecular complexity index is 855. The van der Waals surface area contributed by atoms with E-state index in [0.717, 1.165) is 68.3 Å². The lowest BCUT2D eigenvalue weighted by Crippen LogP contribution is -2.54. The summed E-state index contributed by atoms with van der Waals surface area (Å²) in [5.41, 5.74) is 3.75. The van der Waals surface area contributed by atoms with E-state index in [1.165, 1.54) is 11.1 Å². The zero-order chi connectivity index (χ0) is 20.8. The standard InChI is InChI=1S/C25H31ClN2O2/c26-23-8-9-25-22(16-23)15-21(19-30-25)17-27-12-13-28(24(18-27)10-14-29)11-4-7-20-5-2-1-3-6-20/h1-3,5-6,8-9,15-16,24,29H,4,7,10-14,17-19H2/t24-/m1/s1. The Labute approximate surface area is 184 Å². The van der Waals surface area contributed by atoms with Crippen molar-refractivity contribution in [1.29, 1.82) is 0 Å². The Hall–Kier alpha value is -1.85. The smallest absolute Gasteiger partial charge is 0.127 e. The molecule has 1 saturated heterocycles. The van der Waals surface area contributed by atoms with Crippen LogP contribution in [-0.4, -0.2) is 66.9 Å². The number of halogens is 1. The molecule has 0 bridgehead atoms. The quantitative estimate of drug-likeness (QED) is 0.688. The van der Waals surface area contributed by atoms with E-state index in [4.69, 9.17) is 16.3 Å². The summed E-state index contributed by atoms with van der Waals surface area (Å²) in [6.45, 7) is 5.97. The lowest BCUT2D eigenvalue weighted by molar-refractivity contribution is 0.0622. The normalized spacial score (nSPS) is 19.8. The highest BCUT2D eigenvalue weighted by Gasteiger charge is 2.27. The van der Waals surface area contributed by atoms with Gasteiger partial charge < -0.3 is 9.84 Å². The fourth-order valence-electron chi connectivity index (χ4n) is 4.52. The zero-order valence-electron chi connectivity index (χ0n) is 17.5. The summed E-state index contributed by atoms with van der Waals surface area (Å²) in [6.07, 6.45) is 5.31. The first-order valence-corrected chi connectivity index (χ1v) is 11.3. The van der Waals surface area contributed by atoms with Crippen molar-refractivity contribution in [2.45, 2.75) is 25.3 Å². The summed E-state index contributed by atoms with van der Waals surface area (Å²) in [5.74, 6) is 0.907. The summed E-state index contributed by atoms with van der Waals surface area (Å²) < 4.78 is 5.92. The molecule has 30 heavy (non-hydrogen) atoms.